The number of para-hydroxylation sites is 1. The molecule has 0 unspecified atom stereocenters. The number of imidazole rings is 1. The molecule has 0 fully saturated rings. The number of anilines is 2. The third kappa shape index (κ3) is 3.83. The summed E-state index contributed by atoms with van der Waals surface area (Å²) in [7, 11) is 0. The first kappa shape index (κ1) is 21.9. The molecule has 3 aromatic rings. The molecule has 2 amide bonds. The number of ether oxygens (including phenoxy) is 1. The Hall–Kier alpha value is -3.35. The standard InChI is InChI=1S/C25H30N4O3/c1-5-7-10-13-29-20-15-19-18(14-17(20)25(3,4)23(29)31)26-24(27-19)28-22(30)16-11-8-9-12-21(16)32-6-2/h8-9,11-12,14-15H,5-7,10,13H2,1-4H3,(H2,26,27,28,30). The highest BCUT2D eigenvalue weighted by Crippen LogP contribution is 2.43. The van der Waals surface area contributed by atoms with Crippen molar-refractivity contribution in [1.29, 1.82) is 0 Å². The van der Waals surface area contributed by atoms with Crippen LogP contribution in [0.25, 0.3) is 11.0 Å². The second kappa shape index (κ2) is 8.65. The summed E-state index contributed by atoms with van der Waals surface area (Å²) in [6.45, 7) is 9.14. The van der Waals surface area contributed by atoms with E-state index < -0.39 is 5.41 Å². The van der Waals surface area contributed by atoms with Gasteiger partial charge < -0.3 is 14.6 Å². The van der Waals surface area contributed by atoms with Crippen LogP contribution in [0.3, 0.4) is 0 Å². The number of nitrogens with zero attached hydrogens (tertiary/aromatic N) is 2. The van der Waals surface area contributed by atoms with Gasteiger partial charge in [-0.2, -0.15) is 0 Å². The Bertz CT molecular complexity index is 1170. The molecule has 0 saturated heterocycles. The number of aromatic nitrogens is 2. The quantitative estimate of drug-likeness (QED) is 0.487. The Kier molecular flexibility index (Phi) is 5.91. The third-order valence-corrected chi connectivity index (χ3v) is 5.99. The predicted octanol–water partition coefficient (Wildman–Crippen LogP) is 5.03. The predicted molar refractivity (Wildman–Crippen MR) is 127 cm³/mol. The van der Waals surface area contributed by atoms with Gasteiger partial charge in [-0.05, 0) is 57.0 Å². The first-order valence-electron chi connectivity index (χ1n) is 11.3. The molecule has 2 aromatic carbocycles. The number of hydrogen-bond acceptors (Lipinski definition) is 4. The molecule has 168 valence electrons. The van der Waals surface area contributed by atoms with Gasteiger partial charge in [0.05, 0.1) is 34.3 Å². The van der Waals surface area contributed by atoms with Gasteiger partial charge in [-0.25, -0.2) is 4.98 Å². The summed E-state index contributed by atoms with van der Waals surface area (Å²) in [4.78, 5) is 35.5. The lowest BCUT2D eigenvalue weighted by Gasteiger charge is -2.20. The van der Waals surface area contributed by atoms with E-state index >= 15 is 0 Å². The maximum atomic E-state index is 13.1. The number of amides is 2. The lowest BCUT2D eigenvalue weighted by Crippen LogP contribution is -2.36. The normalized spacial score (nSPS) is 14.6. The fourth-order valence-corrected chi connectivity index (χ4v) is 4.24. The summed E-state index contributed by atoms with van der Waals surface area (Å²) >= 11 is 0. The molecule has 0 atom stereocenters. The molecule has 7 nitrogen and oxygen atoms in total. The lowest BCUT2D eigenvalue weighted by molar-refractivity contribution is -0.122. The molecule has 0 aliphatic carbocycles. The van der Waals surface area contributed by atoms with Crippen LogP contribution >= 0.6 is 0 Å². The molecule has 0 spiro atoms. The fraction of sp³-hybridized carbons (Fsp3) is 0.400. The molecule has 7 heteroatoms. The van der Waals surface area contributed by atoms with Gasteiger partial charge in [0, 0.05) is 6.54 Å². The molecule has 0 bridgehead atoms. The number of fused-ring (bicyclic) bond motifs is 2. The zero-order valence-electron chi connectivity index (χ0n) is 19.1. The first-order chi connectivity index (χ1) is 15.4. The van der Waals surface area contributed by atoms with Crippen molar-refractivity contribution in [2.24, 2.45) is 0 Å². The largest absolute Gasteiger partial charge is 0.493 e. The van der Waals surface area contributed by atoms with Crippen LogP contribution in [0.1, 0.15) is 62.9 Å². The van der Waals surface area contributed by atoms with Crippen LogP contribution < -0.4 is 15.0 Å². The Labute approximate surface area is 188 Å². The second-order valence-electron chi connectivity index (χ2n) is 8.64. The van der Waals surface area contributed by atoms with Gasteiger partial charge in [0.1, 0.15) is 5.75 Å². The van der Waals surface area contributed by atoms with Crippen LogP contribution in [0.5, 0.6) is 5.75 Å². The number of benzene rings is 2. The maximum absolute atomic E-state index is 13.1. The summed E-state index contributed by atoms with van der Waals surface area (Å²) in [5.74, 6) is 0.724. The van der Waals surface area contributed by atoms with E-state index in [-0.39, 0.29) is 11.8 Å². The summed E-state index contributed by atoms with van der Waals surface area (Å²) in [6.07, 6.45) is 3.16. The molecular weight excluding hydrogens is 404 g/mol. The summed E-state index contributed by atoms with van der Waals surface area (Å²) in [6, 6.07) is 11.1. The molecule has 2 N–H and O–H groups in total. The summed E-state index contributed by atoms with van der Waals surface area (Å²) < 4.78 is 5.56. The molecule has 32 heavy (non-hydrogen) atoms. The Morgan fingerprint density at radius 3 is 2.72 bits per heavy atom. The third-order valence-electron chi connectivity index (χ3n) is 5.99. The minimum absolute atomic E-state index is 0.123. The Morgan fingerprint density at radius 2 is 1.97 bits per heavy atom. The maximum Gasteiger partial charge on any atom is 0.261 e. The number of rotatable bonds is 8. The highest BCUT2D eigenvalue weighted by molar-refractivity contribution is 6.10. The Balaban J connectivity index is 1.64. The van der Waals surface area contributed by atoms with Crippen LogP contribution in [0.4, 0.5) is 11.6 Å². The van der Waals surface area contributed by atoms with Crippen molar-refractivity contribution in [2.75, 3.05) is 23.4 Å². The van der Waals surface area contributed by atoms with Crippen molar-refractivity contribution < 1.29 is 14.3 Å². The van der Waals surface area contributed by atoms with E-state index in [1.54, 1.807) is 18.2 Å². The topological polar surface area (TPSA) is 87.3 Å². The second-order valence-corrected chi connectivity index (χ2v) is 8.64. The molecule has 1 aliphatic heterocycles. The van der Waals surface area contributed by atoms with Crippen molar-refractivity contribution >= 4 is 34.5 Å². The number of unbranched alkanes of at least 4 members (excludes halogenated alkanes) is 2. The fourth-order valence-electron chi connectivity index (χ4n) is 4.24. The molecule has 2 heterocycles. The van der Waals surface area contributed by atoms with E-state index in [4.69, 9.17) is 4.74 Å². The van der Waals surface area contributed by atoms with Crippen LogP contribution in [0, 0.1) is 0 Å². The number of carbonyl (C=O) groups is 2. The van der Waals surface area contributed by atoms with Crippen LogP contribution in [0.2, 0.25) is 0 Å². The van der Waals surface area contributed by atoms with E-state index in [0.29, 0.717) is 35.9 Å². The molecule has 4 rings (SSSR count). The van der Waals surface area contributed by atoms with Crippen LogP contribution in [0.15, 0.2) is 36.4 Å². The van der Waals surface area contributed by atoms with Gasteiger partial charge in [0.25, 0.3) is 5.91 Å². The van der Waals surface area contributed by atoms with Crippen LogP contribution in [-0.4, -0.2) is 34.9 Å². The number of hydrogen-bond donors (Lipinski definition) is 2. The van der Waals surface area contributed by atoms with Crippen LogP contribution in [-0.2, 0) is 10.2 Å². The number of H-pyrrole nitrogens is 1. The van der Waals surface area contributed by atoms with E-state index in [1.165, 1.54) is 0 Å². The van der Waals surface area contributed by atoms with Crippen molar-refractivity contribution in [2.45, 2.75) is 52.4 Å². The minimum Gasteiger partial charge on any atom is -0.493 e. The first-order valence-corrected chi connectivity index (χ1v) is 11.3. The minimum atomic E-state index is -0.597. The van der Waals surface area contributed by atoms with Gasteiger partial charge in [0.15, 0.2) is 0 Å². The zero-order valence-corrected chi connectivity index (χ0v) is 19.1. The molecule has 1 aliphatic rings. The monoisotopic (exact) mass is 434 g/mol. The van der Waals surface area contributed by atoms with Gasteiger partial charge in [-0.1, -0.05) is 31.9 Å². The molecule has 0 radical (unpaired) electrons. The van der Waals surface area contributed by atoms with Gasteiger partial charge in [-0.3, -0.25) is 14.9 Å². The molecule has 1 aromatic heterocycles. The molecule has 0 saturated carbocycles. The zero-order chi connectivity index (χ0) is 22.9. The van der Waals surface area contributed by atoms with Gasteiger partial charge >= 0.3 is 0 Å². The highest BCUT2D eigenvalue weighted by atomic mass is 16.5. The number of carbonyl (C=O) groups excluding carboxylic acids is 2. The molecular formula is C25H30N4O3. The lowest BCUT2D eigenvalue weighted by atomic mass is 9.86. The number of nitrogens with one attached hydrogen (secondary N) is 2. The highest BCUT2D eigenvalue weighted by Gasteiger charge is 2.44. The van der Waals surface area contributed by atoms with Crippen molar-refractivity contribution in [3.05, 3.63) is 47.5 Å². The van der Waals surface area contributed by atoms with Gasteiger partial charge in [-0.15, -0.1) is 0 Å². The van der Waals surface area contributed by atoms with E-state index in [9.17, 15) is 9.59 Å². The van der Waals surface area contributed by atoms with Crippen molar-refractivity contribution in [3.63, 3.8) is 0 Å². The van der Waals surface area contributed by atoms with Crippen molar-refractivity contribution in [3.8, 4) is 5.75 Å². The van der Waals surface area contributed by atoms with Crippen molar-refractivity contribution in [1.82, 2.24) is 9.97 Å². The average Bonchev–Trinajstić information content (AvgIpc) is 3.24. The summed E-state index contributed by atoms with van der Waals surface area (Å²) in [5, 5.41) is 2.84. The smallest absolute Gasteiger partial charge is 0.261 e. The number of aromatic amines is 1. The Morgan fingerprint density at radius 1 is 1.19 bits per heavy atom. The van der Waals surface area contributed by atoms with E-state index in [2.05, 4.69) is 22.2 Å². The average molecular weight is 435 g/mol. The van der Waals surface area contributed by atoms with Gasteiger partial charge in [0.2, 0.25) is 11.9 Å². The van der Waals surface area contributed by atoms with E-state index in [1.807, 2.05) is 43.9 Å². The summed E-state index contributed by atoms with van der Waals surface area (Å²) in [5.41, 5.74) is 3.24. The van der Waals surface area contributed by atoms with E-state index in [0.717, 1.165) is 36.0 Å². The SMILES string of the molecule is CCCCCN1C(=O)C(C)(C)c2cc3[nH]c(NC(=O)c4ccccc4OCC)nc3cc21.